The molecule has 1 aliphatic carbocycles. The molecule has 0 unspecified atom stereocenters. The number of carbonyl (C=O) groups excluding carboxylic acids is 1. The van der Waals surface area contributed by atoms with Crippen molar-refractivity contribution in [2.24, 2.45) is 0 Å². The predicted molar refractivity (Wildman–Crippen MR) is 105 cm³/mol. The SMILES string of the molecule is O=C(CSc1nnc(-c2ccncc2)n1CCc1ccccc1)NC1CC1. The summed E-state index contributed by atoms with van der Waals surface area (Å²) in [7, 11) is 0. The van der Waals surface area contributed by atoms with E-state index in [1.807, 2.05) is 30.3 Å². The van der Waals surface area contributed by atoms with Crippen LogP contribution >= 0.6 is 11.8 Å². The molecule has 1 aliphatic rings. The molecule has 1 amide bonds. The standard InChI is InChI=1S/C20H21N5OS/c26-18(22-17-6-7-17)14-27-20-24-23-19(16-8-11-21-12-9-16)25(20)13-10-15-4-2-1-3-5-15/h1-5,8-9,11-12,17H,6-7,10,13-14H2,(H,22,26). The van der Waals surface area contributed by atoms with Crippen LogP contribution in [0.4, 0.5) is 0 Å². The van der Waals surface area contributed by atoms with Crippen molar-refractivity contribution in [3.05, 3.63) is 60.4 Å². The molecule has 1 aromatic carbocycles. The van der Waals surface area contributed by atoms with Gasteiger partial charge in [0.1, 0.15) is 0 Å². The smallest absolute Gasteiger partial charge is 0.230 e. The Kier molecular flexibility index (Phi) is 5.48. The summed E-state index contributed by atoms with van der Waals surface area (Å²) >= 11 is 1.44. The number of hydrogen-bond donors (Lipinski definition) is 1. The maximum absolute atomic E-state index is 12.0. The van der Waals surface area contributed by atoms with Gasteiger partial charge in [-0.3, -0.25) is 9.78 Å². The third kappa shape index (κ3) is 4.74. The van der Waals surface area contributed by atoms with E-state index in [2.05, 4.69) is 37.2 Å². The second-order valence-electron chi connectivity index (χ2n) is 6.56. The van der Waals surface area contributed by atoms with E-state index in [9.17, 15) is 4.79 Å². The zero-order chi connectivity index (χ0) is 18.5. The Morgan fingerprint density at radius 2 is 1.89 bits per heavy atom. The molecule has 3 aromatic rings. The zero-order valence-corrected chi connectivity index (χ0v) is 15.7. The Labute approximate surface area is 162 Å². The largest absolute Gasteiger partial charge is 0.353 e. The van der Waals surface area contributed by atoms with E-state index >= 15 is 0 Å². The zero-order valence-electron chi connectivity index (χ0n) is 14.9. The first-order valence-electron chi connectivity index (χ1n) is 9.09. The van der Waals surface area contributed by atoms with Crippen LogP contribution in [0.25, 0.3) is 11.4 Å². The average molecular weight is 379 g/mol. The van der Waals surface area contributed by atoms with Crippen molar-refractivity contribution < 1.29 is 4.79 Å². The summed E-state index contributed by atoms with van der Waals surface area (Å²) in [6.45, 7) is 0.751. The molecule has 0 bridgehead atoms. The van der Waals surface area contributed by atoms with Gasteiger partial charge in [0.25, 0.3) is 0 Å². The number of rotatable bonds is 8. The maximum atomic E-state index is 12.0. The van der Waals surface area contributed by atoms with Crippen LogP contribution in [-0.4, -0.2) is 37.5 Å². The molecule has 27 heavy (non-hydrogen) atoms. The minimum absolute atomic E-state index is 0.0607. The number of pyridine rings is 1. The third-order valence-corrected chi connectivity index (χ3v) is 5.36. The summed E-state index contributed by atoms with van der Waals surface area (Å²) < 4.78 is 2.09. The van der Waals surface area contributed by atoms with Gasteiger partial charge in [0.05, 0.1) is 5.75 Å². The maximum Gasteiger partial charge on any atom is 0.230 e. The highest BCUT2D eigenvalue weighted by molar-refractivity contribution is 7.99. The Bertz CT molecular complexity index is 893. The third-order valence-electron chi connectivity index (χ3n) is 4.40. The van der Waals surface area contributed by atoms with Crippen LogP contribution < -0.4 is 5.32 Å². The minimum Gasteiger partial charge on any atom is -0.353 e. The van der Waals surface area contributed by atoms with Crippen molar-refractivity contribution >= 4 is 17.7 Å². The van der Waals surface area contributed by atoms with Crippen LogP contribution in [-0.2, 0) is 17.8 Å². The molecule has 4 rings (SSSR count). The second kappa shape index (κ2) is 8.35. The normalized spacial score (nSPS) is 13.5. The van der Waals surface area contributed by atoms with Gasteiger partial charge in [0, 0.05) is 30.5 Å². The summed E-state index contributed by atoms with van der Waals surface area (Å²) in [5.41, 5.74) is 2.23. The summed E-state index contributed by atoms with van der Waals surface area (Å²) in [6.07, 6.45) is 6.56. The fraction of sp³-hybridized carbons (Fsp3) is 0.300. The van der Waals surface area contributed by atoms with Crippen LogP contribution in [0, 0.1) is 0 Å². The second-order valence-corrected chi connectivity index (χ2v) is 7.50. The monoisotopic (exact) mass is 379 g/mol. The molecule has 0 spiro atoms. The molecule has 0 saturated heterocycles. The highest BCUT2D eigenvalue weighted by Gasteiger charge is 2.23. The summed E-state index contributed by atoms with van der Waals surface area (Å²) in [6, 6.07) is 14.6. The first-order chi connectivity index (χ1) is 13.3. The van der Waals surface area contributed by atoms with Crippen LogP contribution in [0.1, 0.15) is 18.4 Å². The van der Waals surface area contributed by atoms with Crippen LogP contribution in [0.5, 0.6) is 0 Å². The minimum atomic E-state index is 0.0607. The van der Waals surface area contributed by atoms with Gasteiger partial charge in [0.15, 0.2) is 11.0 Å². The van der Waals surface area contributed by atoms with Gasteiger partial charge in [-0.25, -0.2) is 0 Å². The lowest BCUT2D eigenvalue weighted by atomic mass is 10.1. The van der Waals surface area contributed by atoms with Gasteiger partial charge >= 0.3 is 0 Å². The van der Waals surface area contributed by atoms with Gasteiger partial charge in [-0.2, -0.15) is 0 Å². The number of benzene rings is 1. The number of carbonyl (C=O) groups is 1. The van der Waals surface area contributed by atoms with Crippen molar-refractivity contribution in [3.63, 3.8) is 0 Å². The molecule has 0 radical (unpaired) electrons. The number of hydrogen-bond acceptors (Lipinski definition) is 5. The fourth-order valence-electron chi connectivity index (χ4n) is 2.82. The molecule has 1 fully saturated rings. The molecule has 2 heterocycles. The quantitative estimate of drug-likeness (QED) is 0.609. The van der Waals surface area contributed by atoms with Crippen LogP contribution in [0.15, 0.2) is 60.0 Å². The molecular formula is C20H21N5OS. The Hall–Kier alpha value is -2.67. The molecule has 138 valence electrons. The highest BCUT2D eigenvalue weighted by atomic mass is 32.2. The molecular weight excluding hydrogens is 358 g/mol. The summed E-state index contributed by atoms with van der Waals surface area (Å²) in [5.74, 6) is 1.22. The lowest BCUT2D eigenvalue weighted by Crippen LogP contribution is -2.27. The van der Waals surface area contributed by atoms with E-state index in [4.69, 9.17) is 0 Å². The number of nitrogens with zero attached hydrogens (tertiary/aromatic N) is 4. The molecule has 6 nitrogen and oxygen atoms in total. The number of thioether (sulfide) groups is 1. The van der Waals surface area contributed by atoms with Gasteiger partial charge in [-0.1, -0.05) is 42.1 Å². The topological polar surface area (TPSA) is 72.7 Å². The summed E-state index contributed by atoms with van der Waals surface area (Å²) in [5, 5.41) is 12.5. The number of aryl methyl sites for hydroxylation is 1. The first kappa shape index (κ1) is 17.7. The molecule has 2 aromatic heterocycles. The van der Waals surface area contributed by atoms with E-state index in [1.165, 1.54) is 17.3 Å². The Morgan fingerprint density at radius 3 is 2.63 bits per heavy atom. The average Bonchev–Trinajstić information content (AvgIpc) is 3.43. The lowest BCUT2D eigenvalue weighted by molar-refractivity contribution is -0.118. The van der Waals surface area contributed by atoms with Crippen molar-refractivity contribution in [1.82, 2.24) is 25.1 Å². The van der Waals surface area contributed by atoms with Crippen LogP contribution in [0.3, 0.4) is 0 Å². The van der Waals surface area contributed by atoms with Gasteiger partial charge in [0.2, 0.25) is 5.91 Å². The Balaban J connectivity index is 1.52. The van der Waals surface area contributed by atoms with E-state index < -0.39 is 0 Å². The lowest BCUT2D eigenvalue weighted by Gasteiger charge is -2.10. The van der Waals surface area contributed by atoms with Crippen LogP contribution in [0.2, 0.25) is 0 Å². The highest BCUT2D eigenvalue weighted by Crippen LogP contribution is 2.25. The number of nitrogens with one attached hydrogen (secondary N) is 1. The van der Waals surface area contributed by atoms with E-state index in [1.54, 1.807) is 12.4 Å². The van der Waals surface area contributed by atoms with Crippen molar-refractivity contribution in [3.8, 4) is 11.4 Å². The fourth-order valence-corrected chi connectivity index (χ4v) is 3.60. The van der Waals surface area contributed by atoms with Gasteiger partial charge in [-0.15, -0.1) is 10.2 Å². The summed E-state index contributed by atoms with van der Waals surface area (Å²) in [4.78, 5) is 16.1. The van der Waals surface area contributed by atoms with Crippen molar-refractivity contribution in [1.29, 1.82) is 0 Å². The Morgan fingerprint density at radius 1 is 1.11 bits per heavy atom. The van der Waals surface area contributed by atoms with E-state index in [-0.39, 0.29) is 5.91 Å². The van der Waals surface area contributed by atoms with E-state index in [0.717, 1.165) is 42.4 Å². The predicted octanol–water partition coefficient (Wildman–Crippen LogP) is 2.95. The molecule has 0 aliphatic heterocycles. The number of amides is 1. The molecule has 7 heteroatoms. The van der Waals surface area contributed by atoms with E-state index in [0.29, 0.717) is 11.8 Å². The van der Waals surface area contributed by atoms with Gasteiger partial charge < -0.3 is 9.88 Å². The molecule has 1 saturated carbocycles. The molecule has 0 atom stereocenters. The molecule has 1 N–H and O–H groups in total. The van der Waals surface area contributed by atoms with Crippen molar-refractivity contribution in [2.45, 2.75) is 37.0 Å². The number of aromatic nitrogens is 4. The van der Waals surface area contributed by atoms with Gasteiger partial charge in [-0.05, 0) is 37.0 Å². The first-order valence-corrected chi connectivity index (χ1v) is 10.1. The van der Waals surface area contributed by atoms with Crippen molar-refractivity contribution in [2.75, 3.05) is 5.75 Å².